The predicted molar refractivity (Wildman–Crippen MR) is 88.0 cm³/mol. The Labute approximate surface area is 132 Å². The Bertz CT molecular complexity index is 543. The summed E-state index contributed by atoms with van der Waals surface area (Å²) in [5.74, 6) is 1.26. The number of rotatable bonds is 8. The lowest BCUT2D eigenvalue weighted by Crippen LogP contribution is -2.30. The first kappa shape index (κ1) is 16.5. The van der Waals surface area contributed by atoms with Crippen LogP contribution in [0.5, 0.6) is 5.75 Å². The fourth-order valence-electron chi connectivity index (χ4n) is 2.55. The molecular formula is C18H24N2O2. The molecule has 0 aliphatic heterocycles. The molecule has 2 aromatic rings. The van der Waals surface area contributed by atoms with Gasteiger partial charge in [-0.05, 0) is 35.2 Å². The van der Waals surface area contributed by atoms with E-state index < -0.39 is 0 Å². The van der Waals surface area contributed by atoms with Gasteiger partial charge in [0.25, 0.3) is 0 Å². The van der Waals surface area contributed by atoms with Gasteiger partial charge in [0.1, 0.15) is 5.75 Å². The van der Waals surface area contributed by atoms with Gasteiger partial charge in [-0.25, -0.2) is 0 Å². The highest BCUT2D eigenvalue weighted by Crippen LogP contribution is 2.20. The lowest BCUT2D eigenvalue weighted by Gasteiger charge is -2.25. The largest absolute Gasteiger partial charge is 0.497 e. The molecule has 1 unspecified atom stereocenters. The maximum Gasteiger partial charge on any atom is 0.118 e. The first-order valence-corrected chi connectivity index (χ1v) is 7.59. The molecule has 0 aliphatic rings. The molecule has 0 saturated heterocycles. The summed E-state index contributed by atoms with van der Waals surface area (Å²) in [7, 11) is 1.68. The van der Waals surface area contributed by atoms with Crippen molar-refractivity contribution in [1.82, 2.24) is 9.88 Å². The van der Waals surface area contributed by atoms with Gasteiger partial charge < -0.3 is 9.84 Å². The molecule has 0 radical (unpaired) electrons. The molecule has 4 heteroatoms. The second kappa shape index (κ2) is 8.51. The smallest absolute Gasteiger partial charge is 0.118 e. The monoisotopic (exact) mass is 300 g/mol. The molecule has 1 atom stereocenters. The maximum absolute atomic E-state index is 9.29. The molecule has 1 N–H and O–H groups in total. The normalized spacial score (nSPS) is 12.4. The van der Waals surface area contributed by atoms with Crippen LogP contribution in [0.4, 0.5) is 0 Å². The number of aliphatic hydroxyl groups is 1. The van der Waals surface area contributed by atoms with Gasteiger partial charge in [-0.2, -0.15) is 0 Å². The average molecular weight is 300 g/mol. The van der Waals surface area contributed by atoms with Crippen molar-refractivity contribution in [2.75, 3.05) is 26.8 Å². The molecule has 0 bridgehead atoms. The lowest BCUT2D eigenvalue weighted by molar-refractivity contribution is 0.184. The van der Waals surface area contributed by atoms with E-state index in [0.29, 0.717) is 12.5 Å². The summed E-state index contributed by atoms with van der Waals surface area (Å²) < 4.78 is 5.20. The SMILES string of the molecule is COc1ccc(C(C)CN(CCO)Cc2cccnc2)cc1. The van der Waals surface area contributed by atoms with Gasteiger partial charge in [0.15, 0.2) is 0 Å². The fourth-order valence-corrected chi connectivity index (χ4v) is 2.55. The molecule has 0 spiro atoms. The van der Waals surface area contributed by atoms with Gasteiger partial charge in [-0.3, -0.25) is 9.88 Å². The quantitative estimate of drug-likeness (QED) is 0.814. The first-order chi connectivity index (χ1) is 10.7. The Morgan fingerprint density at radius 2 is 2.00 bits per heavy atom. The summed E-state index contributed by atoms with van der Waals surface area (Å²) in [6.07, 6.45) is 3.66. The molecule has 4 nitrogen and oxygen atoms in total. The van der Waals surface area contributed by atoms with Crippen molar-refractivity contribution in [2.24, 2.45) is 0 Å². The molecule has 2 rings (SSSR count). The maximum atomic E-state index is 9.29. The van der Waals surface area contributed by atoms with Crippen LogP contribution in [-0.4, -0.2) is 41.8 Å². The first-order valence-electron chi connectivity index (χ1n) is 7.59. The number of aromatic nitrogens is 1. The van der Waals surface area contributed by atoms with Crippen molar-refractivity contribution >= 4 is 0 Å². The number of hydrogen-bond acceptors (Lipinski definition) is 4. The number of nitrogens with zero attached hydrogens (tertiary/aromatic N) is 2. The van der Waals surface area contributed by atoms with Crippen LogP contribution in [0.25, 0.3) is 0 Å². The van der Waals surface area contributed by atoms with Crippen molar-refractivity contribution in [1.29, 1.82) is 0 Å². The van der Waals surface area contributed by atoms with Crippen molar-refractivity contribution in [3.05, 3.63) is 59.9 Å². The van der Waals surface area contributed by atoms with E-state index in [1.54, 1.807) is 13.3 Å². The van der Waals surface area contributed by atoms with E-state index >= 15 is 0 Å². The van der Waals surface area contributed by atoms with E-state index in [2.05, 4.69) is 35.0 Å². The van der Waals surface area contributed by atoms with Crippen molar-refractivity contribution in [2.45, 2.75) is 19.4 Å². The minimum atomic E-state index is 0.162. The van der Waals surface area contributed by atoms with Crippen LogP contribution in [0, 0.1) is 0 Å². The number of hydrogen-bond donors (Lipinski definition) is 1. The summed E-state index contributed by atoms with van der Waals surface area (Å²) in [4.78, 5) is 6.41. The Hall–Kier alpha value is -1.91. The van der Waals surface area contributed by atoms with Crippen LogP contribution in [0.1, 0.15) is 24.0 Å². The van der Waals surface area contributed by atoms with E-state index in [1.807, 2.05) is 24.4 Å². The molecule has 1 aromatic carbocycles. The van der Waals surface area contributed by atoms with Gasteiger partial charge >= 0.3 is 0 Å². The van der Waals surface area contributed by atoms with E-state index in [-0.39, 0.29) is 6.61 Å². The molecule has 0 amide bonds. The summed E-state index contributed by atoms with van der Waals surface area (Å²) in [5, 5.41) is 9.29. The summed E-state index contributed by atoms with van der Waals surface area (Å²) in [6, 6.07) is 12.2. The summed E-state index contributed by atoms with van der Waals surface area (Å²) in [6.45, 7) is 4.72. The highest BCUT2D eigenvalue weighted by Gasteiger charge is 2.12. The number of aliphatic hydroxyl groups excluding tert-OH is 1. The minimum Gasteiger partial charge on any atom is -0.497 e. The molecule has 1 aromatic heterocycles. The summed E-state index contributed by atoms with van der Waals surface area (Å²) >= 11 is 0. The van der Waals surface area contributed by atoms with Crippen molar-refractivity contribution in [3.8, 4) is 5.75 Å². The highest BCUT2D eigenvalue weighted by molar-refractivity contribution is 5.29. The van der Waals surface area contributed by atoms with E-state index in [9.17, 15) is 5.11 Å². The van der Waals surface area contributed by atoms with Gasteiger partial charge in [0, 0.05) is 32.0 Å². The Balaban J connectivity index is 1.99. The van der Waals surface area contributed by atoms with Crippen LogP contribution < -0.4 is 4.74 Å². The van der Waals surface area contributed by atoms with E-state index in [1.165, 1.54) is 5.56 Å². The van der Waals surface area contributed by atoms with Crippen molar-refractivity contribution < 1.29 is 9.84 Å². The van der Waals surface area contributed by atoms with E-state index in [4.69, 9.17) is 4.74 Å². The predicted octanol–water partition coefficient (Wildman–Crippen LogP) is 2.69. The summed E-state index contributed by atoms with van der Waals surface area (Å²) in [5.41, 5.74) is 2.44. The molecule has 22 heavy (non-hydrogen) atoms. The molecule has 118 valence electrons. The third-order valence-electron chi connectivity index (χ3n) is 3.76. The molecule has 0 saturated carbocycles. The van der Waals surface area contributed by atoms with Crippen LogP contribution in [0.15, 0.2) is 48.8 Å². The zero-order valence-electron chi connectivity index (χ0n) is 13.3. The van der Waals surface area contributed by atoms with Crippen LogP contribution in [0.2, 0.25) is 0 Å². The van der Waals surface area contributed by atoms with Crippen LogP contribution >= 0.6 is 0 Å². The Morgan fingerprint density at radius 1 is 1.23 bits per heavy atom. The van der Waals surface area contributed by atoms with Gasteiger partial charge in [-0.1, -0.05) is 25.1 Å². The standard InChI is InChI=1S/C18H24N2O2/c1-15(17-5-7-18(22-2)8-6-17)13-20(10-11-21)14-16-4-3-9-19-12-16/h3-9,12,15,21H,10-11,13-14H2,1-2H3. The Kier molecular flexibility index (Phi) is 6.37. The number of pyridine rings is 1. The fraction of sp³-hybridized carbons (Fsp3) is 0.389. The third kappa shape index (κ3) is 4.83. The van der Waals surface area contributed by atoms with Gasteiger partial charge in [0.2, 0.25) is 0 Å². The zero-order chi connectivity index (χ0) is 15.8. The lowest BCUT2D eigenvalue weighted by atomic mass is 10.0. The minimum absolute atomic E-state index is 0.162. The molecule has 0 fully saturated rings. The van der Waals surface area contributed by atoms with E-state index in [0.717, 1.165) is 24.4 Å². The average Bonchev–Trinajstić information content (AvgIpc) is 2.56. The van der Waals surface area contributed by atoms with Gasteiger partial charge in [0.05, 0.1) is 13.7 Å². The van der Waals surface area contributed by atoms with Gasteiger partial charge in [-0.15, -0.1) is 0 Å². The molecular weight excluding hydrogens is 276 g/mol. The number of ether oxygens (including phenoxy) is 1. The topological polar surface area (TPSA) is 45.6 Å². The number of benzene rings is 1. The van der Waals surface area contributed by atoms with Crippen LogP contribution in [-0.2, 0) is 6.54 Å². The highest BCUT2D eigenvalue weighted by atomic mass is 16.5. The third-order valence-corrected chi connectivity index (χ3v) is 3.76. The number of methoxy groups -OCH3 is 1. The van der Waals surface area contributed by atoms with Crippen molar-refractivity contribution in [3.63, 3.8) is 0 Å². The second-order valence-electron chi connectivity index (χ2n) is 5.49. The zero-order valence-corrected chi connectivity index (χ0v) is 13.3. The second-order valence-corrected chi connectivity index (χ2v) is 5.49. The molecule has 0 aliphatic carbocycles. The Morgan fingerprint density at radius 3 is 2.59 bits per heavy atom. The van der Waals surface area contributed by atoms with Crippen LogP contribution in [0.3, 0.4) is 0 Å². The molecule has 1 heterocycles.